The zero-order valence-corrected chi connectivity index (χ0v) is 11.8. The van der Waals surface area contributed by atoms with Crippen LogP contribution in [0, 0.1) is 5.92 Å². The second kappa shape index (κ2) is 8.11. The lowest BCUT2D eigenvalue weighted by Gasteiger charge is -2.22. The van der Waals surface area contributed by atoms with E-state index in [2.05, 4.69) is 25.3 Å². The van der Waals surface area contributed by atoms with Crippen molar-refractivity contribution < 1.29 is 4.74 Å². The molecule has 0 spiro atoms. The van der Waals surface area contributed by atoms with Crippen LogP contribution in [0.15, 0.2) is 24.3 Å². The van der Waals surface area contributed by atoms with Gasteiger partial charge in [-0.15, -0.1) is 0 Å². The SMILES string of the molecule is CCCC(C)CC(NN)c1ccccc1OCC. The van der Waals surface area contributed by atoms with E-state index in [1.165, 1.54) is 12.8 Å². The van der Waals surface area contributed by atoms with Crippen molar-refractivity contribution in [3.05, 3.63) is 29.8 Å². The van der Waals surface area contributed by atoms with Gasteiger partial charge in [0.15, 0.2) is 0 Å². The molecule has 18 heavy (non-hydrogen) atoms. The Hall–Kier alpha value is -1.06. The van der Waals surface area contributed by atoms with Crippen LogP contribution >= 0.6 is 0 Å². The number of para-hydroxylation sites is 1. The smallest absolute Gasteiger partial charge is 0.124 e. The molecule has 0 aliphatic heterocycles. The van der Waals surface area contributed by atoms with Gasteiger partial charge < -0.3 is 4.74 Å². The minimum atomic E-state index is 0.161. The van der Waals surface area contributed by atoms with E-state index < -0.39 is 0 Å². The normalized spacial score (nSPS) is 14.2. The molecule has 0 aromatic heterocycles. The number of nitrogens with one attached hydrogen (secondary N) is 1. The summed E-state index contributed by atoms with van der Waals surface area (Å²) in [4.78, 5) is 0. The number of ether oxygens (including phenoxy) is 1. The molecule has 102 valence electrons. The first-order chi connectivity index (χ1) is 8.72. The molecule has 3 heteroatoms. The summed E-state index contributed by atoms with van der Waals surface area (Å²) < 4.78 is 5.67. The molecule has 0 amide bonds. The number of nitrogens with two attached hydrogens (primary N) is 1. The quantitative estimate of drug-likeness (QED) is 0.549. The monoisotopic (exact) mass is 250 g/mol. The van der Waals surface area contributed by atoms with Gasteiger partial charge in [-0.05, 0) is 25.3 Å². The Morgan fingerprint density at radius 2 is 2.00 bits per heavy atom. The lowest BCUT2D eigenvalue weighted by molar-refractivity contribution is 0.323. The fourth-order valence-corrected chi connectivity index (χ4v) is 2.35. The van der Waals surface area contributed by atoms with Crippen molar-refractivity contribution in [2.24, 2.45) is 11.8 Å². The predicted octanol–water partition coefficient (Wildman–Crippen LogP) is 3.42. The molecule has 0 saturated carbocycles. The first kappa shape index (κ1) is 15.0. The highest BCUT2D eigenvalue weighted by atomic mass is 16.5. The topological polar surface area (TPSA) is 47.3 Å². The summed E-state index contributed by atoms with van der Waals surface area (Å²) in [7, 11) is 0. The molecule has 2 unspecified atom stereocenters. The van der Waals surface area contributed by atoms with Gasteiger partial charge >= 0.3 is 0 Å². The Morgan fingerprint density at radius 3 is 2.61 bits per heavy atom. The van der Waals surface area contributed by atoms with Gasteiger partial charge in [0.2, 0.25) is 0 Å². The number of hydrazine groups is 1. The molecule has 0 fully saturated rings. The number of hydrogen-bond donors (Lipinski definition) is 2. The maximum absolute atomic E-state index is 5.71. The minimum absolute atomic E-state index is 0.161. The van der Waals surface area contributed by atoms with Crippen molar-refractivity contribution >= 4 is 0 Å². The maximum Gasteiger partial charge on any atom is 0.124 e. The van der Waals surface area contributed by atoms with Crippen molar-refractivity contribution in [3.63, 3.8) is 0 Å². The average molecular weight is 250 g/mol. The van der Waals surface area contributed by atoms with E-state index in [9.17, 15) is 0 Å². The zero-order valence-electron chi connectivity index (χ0n) is 11.8. The largest absolute Gasteiger partial charge is 0.494 e. The van der Waals surface area contributed by atoms with Crippen molar-refractivity contribution in [2.45, 2.75) is 46.1 Å². The first-order valence-electron chi connectivity index (χ1n) is 6.90. The van der Waals surface area contributed by atoms with E-state index in [1.807, 2.05) is 25.1 Å². The van der Waals surface area contributed by atoms with E-state index in [0.717, 1.165) is 17.7 Å². The number of benzene rings is 1. The van der Waals surface area contributed by atoms with Crippen LogP contribution in [0.5, 0.6) is 5.75 Å². The van der Waals surface area contributed by atoms with Crippen LogP contribution in [0.25, 0.3) is 0 Å². The Labute approximate surface area is 111 Å². The van der Waals surface area contributed by atoms with Crippen LogP contribution in [0.3, 0.4) is 0 Å². The second-order valence-electron chi connectivity index (χ2n) is 4.82. The van der Waals surface area contributed by atoms with Gasteiger partial charge in [-0.1, -0.05) is 44.9 Å². The van der Waals surface area contributed by atoms with Crippen molar-refractivity contribution in [3.8, 4) is 5.75 Å². The fourth-order valence-electron chi connectivity index (χ4n) is 2.35. The molecule has 0 heterocycles. The van der Waals surface area contributed by atoms with E-state index in [1.54, 1.807) is 0 Å². The Morgan fingerprint density at radius 1 is 1.28 bits per heavy atom. The summed E-state index contributed by atoms with van der Waals surface area (Å²) in [5.74, 6) is 7.30. The minimum Gasteiger partial charge on any atom is -0.494 e. The van der Waals surface area contributed by atoms with Crippen LogP contribution in [0.1, 0.15) is 51.6 Å². The van der Waals surface area contributed by atoms with Crippen LogP contribution in [-0.4, -0.2) is 6.61 Å². The van der Waals surface area contributed by atoms with Gasteiger partial charge in [-0.25, -0.2) is 0 Å². The van der Waals surface area contributed by atoms with Gasteiger partial charge in [0.25, 0.3) is 0 Å². The third-order valence-corrected chi connectivity index (χ3v) is 3.21. The highest BCUT2D eigenvalue weighted by Gasteiger charge is 2.17. The molecule has 1 aromatic rings. The Kier molecular flexibility index (Phi) is 6.76. The first-order valence-corrected chi connectivity index (χ1v) is 6.90. The average Bonchev–Trinajstić information content (AvgIpc) is 2.37. The summed E-state index contributed by atoms with van der Waals surface area (Å²) in [6.45, 7) is 7.17. The predicted molar refractivity (Wildman–Crippen MR) is 76.4 cm³/mol. The molecule has 3 N–H and O–H groups in total. The maximum atomic E-state index is 5.71. The van der Waals surface area contributed by atoms with Crippen molar-refractivity contribution in [1.29, 1.82) is 0 Å². The van der Waals surface area contributed by atoms with Gasteiger partial charge in [0, 0.05) is 11.6 Å². The van der Waals surface area contributed by atoms with Crippen LogP contribution in [0.4, 0.5) is 0 Å². The molecule has 0 aliphatic carbocycles. The fraction of sp³-hybridized carbons (Fsp3) is 0.600. The molecule has 3 nitrogen and oxygen atoms in total. The molecule has 0 radical (unpaired) electrons. The van der Waals surface area contributed by atoms with Crippen molar-refractivity contribution in [2.75, 3.05) is 6.61 Å². The molecule has 2 atom stereocenters. The molecule has 0 aliphatic rings. The number of rotatable bonds is 8. The molecule has 1 rings (SSSR count). The molecule has 0 saturated heterocycles. The third kappa shape index (κ3) is 4.31. The summed E-state index contributed by atoms with van der Waals surface area (Å²) in [6.07, 6.45) is 3.48. The van der Waals surface area contributed by atoms with Crippen molar-refractivity contribution in [1.82, 2.24) is 5.43 Å². The summed E-state index contributed by atoms with van der Waals surface area (Å²) in [6, 6.07) is 8.29. The summed E-state index contributed by atoms with van der Waals surface area (Å²) in [5, 5.41) is 0. The van der Waals surface area contributed by atoms with Gasteiger partial charge in [0.05, 0.1) is 6.61 Å². The zero-order chi connectivity index (χ0) is 13.4. The summed E-state index contributed by atoms with van der Waals surface area (Å²) >= 11 is 0. The van der Waals surface area contributed by atoms with Crippen LogP contribution in [0.2, 0.25) is 0 Å². The van der Waals surface area contributed by atoms with Gasteiger partial charge in [-0.3, -0.25) is 11.3 Å². The third-order valence-electron chi connectivity index (χ3n) is 3.21. The standard InChI is InChI=1S/C15H26N2O/c1-4-8-12(3)11-14(17-16)13-9-6-7-10-15(13)18-5-2/h6-7,9-10,12,14,17H,4-5,8,11,16H2,1-3H3. The van der Waals surface area contributed by atoms with Gasteiger partial charge in [-0.2, -0.15) is 0 Å². The second-order valence-corrected chi connectivity index (χ2v) is 4.82. The lowest BCUT2D eigenvalue weighted by Crippen LogP contribution is -2.29. The van der Waals surface area contributed by atoms with E-state index in [-0.39, 0.29) is 6.04 Å². The van der Waals surface area contributed by atoms with Crippen LogP contribution in [-0.2, 0) is 0 Å². The highest BCUT2D eigenvalue weighted by Crippen LogP contribution is 2.30. The number of hydrogen-bond acceptors (Lipinski definition) is 3. The Bertz CT molecular complexity index is 341. The molecule has 0 bridgehead atoms. The molecule has 1 aromatic carbocycles. The van der Waals surface area contributed by atoms with E-state index in [4.69, 9.17) is 10.6 Å². The van der Waals surface area contributed by atoms with Gasteiger partial charge in [0.1, 0.15) is 5.75 Å². The van der Waals surface area contributed by atoms with E-state index >= 15 is 0 Å². The van der Waals surface area contributed by atoms with E-state index in [0.29, 0.717) is 12.5 Å². The lowest BCUT2D eigenvalue weighted by atomic mass is 9.93. The highest BCUT2D eigenvalue weighted by molar-refractivity contribution is 5.35. The van der Waals surface area contributed by atoms with Crippen LogP contribution < -0.4 is 16.0 Å². The molecular weight excluding hydrogens is 224 g/mol. The molecular formula is C15H26N2O. The Balaban J connectivity index is 2.80. The summed E-state index contributed by atoms with van der Waals surface area (Å²) in [5.41, 5.74) is 4.08.